The van der Waals surface area contributed by atoms with Crippen molar-refractivity contribution in [2.75, 3.05) is 0 Å². The molecule has 0 aliphatic heterocycles. The standard InChI is InChI=1S/C37H25Cl/c38-30-14-10-13-28(25-30)31-15-4-7-18-34(31)37(29-23-21-27(22-24-29)26-11-2-1-3-12-26)35-19-8-5-16-32(35)33-17-6-9-20-36(33)37/h1-25H. The first-order valence-electron chi connectivity index (χ1n) is 13.0. The van der Waals surface area contributed by atoms with Gasteiger partial charge in [0.25, 0.3) is 0 Å². The minimum Gasteiger partial charge on any atom is -0.0843 e. The van der Waals surface area contributed by atoms with Gasteiger partial charge in [-0.2, -0.15) is 0 Å². The normalized spacial score (nSPS) is 13.1. The van der Waals surface area contributed by atoms with Crippen LogP contribution in [0.2, 0.25) is 5.02 Å². The van der Waals surface area contributed by atoms with Gasteiger partial charge in [0.2, 0.25) is 0 Å². The monoisotopic (exact) mass is 504 g/mol. The van der Waals surface area contributed by atoms with Gasteiger partial charge in [0.1, 0.15) is 0 Å². The summed E-state index contributed by atoms with van der Waals surface area (Å²) in [6.45, 7) is 0. The van der Waals surface area contributed by atoms with Gasteiger partial charge in [0.05, 0.1) is 5.41 Å². The maximum Gasteiger partial charge on any atom is 0.0719 e. The molecule has 180 valence electrons. The first-order chi connectivity index (χ1) is 18.8. The zero-order valence-electron chi connectivity index (χ0n) is 20.8. The van der Waals surface area contributed by atoms with Gasteiger partial charge in [-0.3, -0.25) is 0 Å². The lowest BCUT2D eigenvalue weighted by molar-refractivity contribution is 0.770. The van der Waals surface area contributed by atoms with Gasteiger partial charge in [-0.1, -0.05) is 151 Å². The third-order valence-electron chi connectivity index (χ3n) is 7.84. The average Bonchev–Trinajstić information content (AvgIpc) is 3.29. The predicted molar refractivity (Wildman–Crippen MR) is 160 cm³/mol. The van der Waals surface area contributed by atoms with E-state index >= 15 is 0 Å². The topological polar surface area (TPSA) is 0 Å². The zero-order valence-corrected chi connectivity index (χ0v) is 21.6. The second-order valence-corrected chi connectivity index (χ2v) is 10.3. The van der Waals surface area contributed by atoms with E-state index < -0.39 is 5.41 Å². The van der Waals surface area contributed by atoms with E-state index in [-0.39, 0.29) is 0 Å². The number of hydrogen-bond donors (Lipinski definition) is 0. The van der Waals surface area contributed by atoms with Gasteiger partial charge in [-0.05, 0) is 67.8 Å². The fourth-order valence-electron chi connectivity index (χ4n) is 6.25. The summed E-state index contributed by atoms with van der Waals surface area (Å²) in [6.07, 6.45) is 0. The third-order valence-corrected chi connectivity index (χ3v) is 8.08. The first-order valence-corrected chi connectivity index (χ1v) is 13.4. The van der Waals surface area contributed by atoms with E-state index in [1.807, 2.05) is 12.1 Å². The number of rotatable bonds is 4. The summed E-state index contributed by atoms with van der Waals surface area (Å²) in [5.41, 5.74) is 12.0. The highest BCUT2D eigenvalue weighted by molar-refractivity contribution is 6.30. The summed E-state index contributed by atoms with van der Waals surface area (Å²) >= 11 is 6.50. The molecule has 0 unspecified atom stereocenters. The molecule has 0 saturated carbocycles. The summed E-state index contributed by atoms with van der Waals surface area (Å²) in [5.74, 6) is 0. The molecule has 1 aliphatic rings. The molecule has 38 heavy (non-hydrogen) atoms. The van der Waals surface area contributed by atoms with Crippen LogP contribution < -0.4 is 0 Å². The number of fused-ring (bicyclic) bond motifs is 3. The maximum atomic E-state index is 6.50. The minimum atomic E-state index is -0.471. The molecule has 0 bridgehead atoms. The molecule has 0 amide bonds. The van der Waals surface area contributed by atoms with Crippen LogP contribution in [0.25, 0.3) is 33.4 Å². The molecule has 0 aromatic heterocycles. The molecular weight excluding hydrogens is 480 g/mol. The Morgan fingerprint density at radius 3 is 1.45 bits per heavy atom. The van der Waals surface area contributed by atoms with Crippen LogP contribution in [-0.2, 0) is 5.41 Å². The third kappa shape index (κ3) is 3.45. The molecule has 0 atom stereocenters. The first kappa shape index (κ1) is 22.8. The minimum absolute atomic E-state index is 0.471. The Hall–Kier alpha value is -4.39. The summed E-state index contributed by atoms with van der Waals surface area (Å²) in [4.78, 5) is 0. The molecule has 6 aromatic rings. The van der Waals surface area contributed by atoms with Crippen LogP contribution >= 0.6 is 11.6 Å². The summed E-state index contributed by atoms with van der Waals surface area (Å²) < 4.78 is 0. The van der Waals surface area contributed by atoms with E-state index in [2.05, 4.69) is 140 Å². The summed E-state index contributed by atoms with van der Waals surface area (Å²) in [7, 11) is 0. The van der Waals surface area contributed by atoms with E-state index in [1.54, 1.807) is 0 Å². The van der Waals surface area contributed by atoms with Crippen molar-refractivity contribution >= 4 is 11.6 Å². The van der Waals surface area contributed by atoms with Crippen LogP contribution in [0.15, 0.2) is 152 Å². The Labute approximate surface area is 228 Å². The molecular formula is C37H25Cl. The molecule has 0 spiro atoms. The SMILES string of the molecule is Clc1cccc(-c2ccccc2C2(c3ccc(-c4ccccc4)cc3)c3ccccc3-c3ccccc32)c1. The second-order valence-electron chi connectivity index (χ2n) is 9.84. The van der Waals surface area contributed by atoms with Crippen molar-refractivity contribution in [3.63, 3.8) is 0 Å². The van der Waals surface area contributed by atoms with Crippen LogP contribution in [0.3, 0.4) is 0 Å². The summed E-state index contributed by atoms with van der Waals surface area (Å²) in [5, 5.41) is 0.741. The lowest BCUT2D eigenvalue weighted by Crippen LogP contribution is -2.29. The smallest absolute Gasteiger partial charge is 0.0719 e. The highest BCUT2D eigenvalue weighted by atomic mass is 35.5. The Kier molecular flexibility index (Phi) is 5.50. The highest BCUT2D eigenvalue weighted by Crippen LogP contribution is 2.57. The van der Waals surface area contributed by atoms with Crippen LogP contribution in [0.4, 0.5) is 0 Å². The predicted octanol–water partition coefficient (Wildman–Crippen LogP) is 10.0. The van der Waals surface area contributed by atoms with Gasteiger partial charge in [-0.15, -0.1) is 0 Å². The molecule has 0 saturated heterocycles. The van der Waals surface area contributed by atoms with Crippen molar-refractivity contribution in [1.82, 2.24) is 0 Å². The molecule has 0 radical (unpaired) electrons. The molecule has 0 N–H and O–H groups in total. The molecule has 0 fully saturated rings. The number of hydrogen-bond acceptors (Lipinski definition) is 0. The van der Waals surface area contributed by atoms with E-state index in [1.165, 1.54) is 50.1 Å². The largest absolute Gasteiger partial charge is 0.0843 e. The molecule has 1 aliphatic carbocycles. The van der Waals surface area contributed by atoms with Gasteiger partial charge >= 0.3 is 0 Å². The van der Waals surface area contributed by atoms with Gasteiger partial charge in [0.15, 0.2) is 0 Å². The molecule has 0 heterocycles. The molecule has 1 heteroatoms. The van der Waals surface area contributed by atoms with E-state index in [0.29, 0.717) is 0 Å². The van der Waals surface area contributed by atoms with Crippen LogP contribution in [0, 0.1) is 0 Å². The average molecular weight is 505 g/mol. The van der Waals surface area contributed by atoms with Crippen molar-refractivity contribution in [1.29, 1.82) is 0 Å². The quantitative estimate of drug-likeness (QED) is 0.223. The van der Waals surface area contributed by atoms with Crippen molar-refractivity contribution < 1.29 is 0 Å². The highest BCUT2D eigenvalue weighted by Gasteiger charge is 2.46. The number of benzene rings is 6. The fraction of sp³-hybridized carbons (Fsp3) is 0.0270. The molecule has 6 aromatic carbocycles. The van der Waals surface area contributed by atoms with E-state index in [9.17, 15) is 0 Å². The lowest BCUT2D eigenvalue weighted by Gasteiger charge is -2.35. The Morgan fingerprint density at radius 2 is 0.842 bits per heavy atom. The Balaban J connectivity index is 1.56. The Bertz CT molecular complexity index is 1720. The zero-order chi connectivity index (χ0) is 25.5. The second kappa shape index (κ2) is 9.17. The lowest BCUT2D eigenvalue weighted by atomic mass is 9.65. The van der Waals surface area contributed by atoms with Gasteiger partial charge in [-0.25, -0.2) is 0 Å². The fourth-order valence-corrected chi connectivity index (χ4v) is 6.44. The van der Waals surface area contributed by atoms with Gasteiger partial charge in [0, 0.05) is 5.02 Å². The maximum absolute atomic E-state index is 6.50. The molecule has 0 nitrogen and oxygen atoms in total. The van der Waals surface area contributed by atoms with Crippen LogP contribution in [0.5, 0.6) is 0 Å². The van der Waals surface area contributed by atoms with Crippen molar-refractivity contribution in [2.24, 2.45) is 0 Å². The van der Waals surface area contributed by atoms with Crippen molar-refractivity contribution in [3.8, 4) is 33.4 Å². The van der Waals surface area contributed by atoms with E-state index in [0.717, 1.165) is 10.6 Å². The van der Waals surface area contributed by atoms with Crippen LogP contribution in [-0.4, -0.2) is 0 Å². The van der Waals surface area contributed by atoms with Crippen LogP contribution in [0.1, 0.15) is 22.3 Å². The van der Waals surface area contributed by atoms with Gasteiger partial charge < -0.3 is 0 Å². The summed E-state index contributed by atoms with van der Waals surface area (Å²) in [6, 6.07) is 54.5. The van der Waals surface area contributed by atoms with E-state index in [4.69, 9.17) is 11.6 Å². The van der Waals surface area contributed by atoms with Crippen molar-refractivity contribution in [3.05, 3.63) is 179 Å². The number of halogens is 1. The molecule has 7 rings (SSSR count). The van der Waals surface area contributed by atoms with Crippen molar-refractivity contribution in [2.45, 2.75) is 5.41 Å². The Morgan fingerprint density at radius 1 is 0.368 bits per heavy atom.